The summed E-state index contributed by atoms with van der Waals surface area (Å²) >= 11 is 0. The molecule has 1 heterocycles. The third kappa shape index (κ3) is 12.5. The molecule has 1 aliphatic heterocycles. The Morgan fingerprint density at radius 3 is 2.51 bits per heavy atom. The minimum atomic E-state index is -0.734. The van der Waals surface area contributed by atoms with Gasteiger partial charge < -0.3 is 15.4 Å². The summed E-state index contributed by atoms with van der Waals surface area (Å²) in [5.41, 5.74) is 1.10. The Labute approximate surface area is 223 Å². The molecule has 202 valence electrons. The molecular weight excluding hydrogens is 464 g/mol. The molecule has 0 bridgehead atoms. The topological polar surface area (TPSA) is 84.5 Å². The van der Waals surface area contributed by atoms with Crippen molar-refractivity contribution in [1.82, 2.24) is 10.6 Å². The summed E-state index contributed by atoms with van der Waals surface area (Å²) in [4.78, 5) is 36.9. The van der Waals surface area contributed by atoms with E-state index in [0.717, 1.165) is 18.4 Å². The zero-order valence-corrected chi connectivity index (χ0v) is 23.7. The standard InChI is InChI=1S/C31H44N2O4/c1-9-10-14-22(2)16-13-20-32-29(35)28(31(6,7)8)33-27(34)17-12-11-15-23(3)21-25(5)26-19-18-24(4)30(36)37-26/h9-11,13,15,18,20-22,25-26,28H,14,16,19H2,1-8H3,(H,32,35)(H,33,34)/b10-9-,15-11-,20-13-,23-21+/t22-,25-,26-,28+/m0/s1. The lowest BCUT2D eigenvalue weighted by Crippen LogP contribution is -2.52. The lowest BCUT2D eigenvalue weighted by molar-refractivity contribution is -0.147. The predicted molar refractivity (Wildman–Crippen MR) is 150 cm³/mol. The first-order valence-corrected chi connectivity index (χ1v) is 13.0. The molecule has 0 aromatic heterocycles. The number of cyclic esters (lactones) is 1. The van der Waals surface area contributed by atoms with Crippen LogP contribution in [0.1, 0.15) is 74.7 Å². The van der Waals surface area contributed by atoms with Crippen LogP contribution in [0.15, 0.2) is 59.9 Å². The molecule has 0 aromatic rings. The highest BCUT2D eigenvalue weighted by molar-refractivity contribution is 5.97. The van der Waals surface area contributed by atoms with Crippen LogP contribution in [0.4, 0.5) is 0 Å². The van der Waals surface area contributed by atoms with E-state index in [1.54, 1.807) is 25.3 Å². The molecule has 0 aromatic carbocycles. The van der Waals surface area contributed by atoms with Crippen molar-refractivity contribution < 1.29 is 19.1 Å². The van der Waals surface area contributed by atoms with Gasteiger partial charge in [0.15, 0.2) is 0 Å². The largest absolute Gasteiger partial charge is 0.458 e. The van der Waals surface area contributed by atoms with Gasteiger partial charge in [0.2, 0.25) is 5.91 Å². The monoisotopic (exact) mass is 508 g/mol. The lowest BCUT2D eigenvalue weighted by Gasteiger charge is -2.29. The Balaban J connectivity index is 2.66. The number of allylic oxidation sites excluding steroid dienone is 6. The van der Waals surface area contributed by atoms with Crippen LogP contribution in [0.3, 0.4) is 0 Å². The Bertz CT molecular complexity index is 1010. The number of esters is 1. The van der Waals surface area contributed by atoms with Crippen LogP contribution in [-0.4, -0.2) is 29.9 Å². The van der Waals surface area contributed by atoms with Gasteiger partial charge in [0.1, 0.15) is 12.1 Å². The number of rotatable bonds is 10. The number of carbonyl (C=O) groups is 3. The number of carbonyl (C=O) groups excluding carboxylic acids is 3. The van der Waals surface area contributed by atoms with Crippen molar-refractivity contribution in [3.05, 3.63) is 59.9 Å². The zero-order valence-electron chi connectivity index (χ0n) is 23.7. The molecule has 1 aliphatic rings. The van der Waals surface area contributed by atoms with Crippen molar-refractivity contribution in [3.8, 4) is 11.8 Å². The number of hydrogen-bond acceptors (Lipinski definition) is 4. The maximum absolute atomic E-state index is 12.7. The average molecular weight is 509 g/mol. The van der Waals surface area contributed by atoms with Crippen LogP contribution in [-0.2, 0) is 19.1 Å². The van der Waals surface area contributed by atoms with Crippen molar-refractivity contribution >= 4 is 17.8 Å². The fourth-order valence-corrected chi connectivity index (χ4v) is 3.67. The van der Waals surface area contributed by atoms with E-state index >= 15 is 0 Å². The summed E-state index contributed by atoms with van der Waals surface area (Å²) in [6.45, 7) is 15.5. The SMILES string of the molecule is C/C=C\C[C@H](C)C/C=C\NC(=O)[C@@H](NC(=O)C#C/C=C\C(C)=C\[C@H](C)[C@@H]1CC=C(C)C(=O)O1)C(C)(C)C. The molecule has 0 saturated carbocycles. The van der Waals surface area contributed by atoms with Crippen LogP contribution < -0.4 is 10.6 Å². The molecule has 6 nitrogen and oxygen atoms in total. The maximum atomic E-state index is 12.7. The summed E-state index contributed by atoms with van der Waals surface area (Å²) in [5, 5.41) is 5.52. The molecule has 0 fully saturated rings. The fraction of sp³-hybridized carbons (Fsp3) is 0.516. The van der Waals surface area contributed by atoms with Crippen LogP contribution in [0, 0.1) is 29.1 Å². The quantitative estimate of drug-likeness (QED) is 0.176. The lowest BCUT2D eigenvalue weighted by atomic mass is 9.86. The zero-order chi connectivity index (χ0) is 28.0. The summed E-state index contributed by atoms with van der Waals surface area (Å²) < 4.78 is 5.46. The first kappa shape index (κ1) is 31.7. The van der Waals surface area contributed by atoms with E-state index in [1.807, 2.05) is 65.8 Å². The normalized spacial score (nSPS) is 19.1. The fourth-order valence-electron chi connectivity index (χ4n) is 3.67. The summed E-state index contributed by atoms with van der Waals surface area (Å²) in [6, 6.07) is -0.734. The van der Waals surface area contributed by atoms with E-state index in [1.165, 1.54) is 0 Å². The Morgan fingerprint density at radius 2 is 1.89 bits per heavy atom. The van der Waals surface area contributed by atoms with Crippen molar-refractivity contribution in [1.29, 1.82) is 0 Å². The van der Waals surface area contributed by atoms with Gasteiger partial charge in [-0.05, 0) is 63.1 Å². The minimum absolute atomic E-state index is 0.0469. The second-order valence-electron chi connectivity index (χ2n) is 10.8. The Hall–Kier alpha value is -3.33. The van der Waals surface area contributed by atoms with Gasteiger partial charge in [0, 0.05) is 17.9 Å². The van der Waals surface area contributed by atoms with E-state index in [0.29, 0.717) is 17.9 Å². The number of nitrogens with one attached hydrogen (secondary N) is 2. The van der Waals surface area contributed by atoms with Gasteiger partial charge >= 0.3 is 5.97 Å². The van der Waals surface area contributed by atoms with E-state index in [9.17, 15) is 14.4 Å². The van der Waals surface area contributed by atoms with E-state index in [2.05, 4.69) is 35.5 Å². The van der Waals surface area contributed by atoms with E-state index in [4.69, 9.17) is 4.74 Å². The third-order valence-corrected chi connectivity index (χ3v) is 6.02. The molecule has 1 rings (SSSR count). The molecule has 2 amide bonds. The highest BCUT2D eigenvalue weighted by Crippen LogP contribution is 2.22. The van der Waals surface area contributed by atoms with Crippen LogP contribution in [0.5, 0.6) is 0 Å². The van der Waals surface area contributed by atoms with Gasteiger partial charge in [-0.3, -0.25) is 9.59 Å². The predicted octanol–water partition coefficient (Wildman–Crippen LogP) is 5.54. The van der Waals surface area contributed by atoms with Crippen LogP contribution in [0.25, 0.3) is 0 Å². The highest BCUT2D eigenvalue weighted by Gasteiger charge is 2.32. The molecule has 37 heavy (non-hydrogen) atoms. The van der Waals surface area contributed by atoms with Crippen LogP contribution >= 0.6 is 0 Å². The van der Waals surface area contributed by atoms with Crippen LogP contribution in [0.2, 0.25) is 0 Å². The maximum Gasteiger partial charge on any atom is 0.333 e. The van der Waals surface area contributed by atoms with Crippen molar-refractivity contribution in [2.75, 3.05) is 0 Å². The molecule has 2 N–H and O–H groups in total. The second kappa shape index (κ2) is 15.7. The highest BCUT2D eigenvalue weighted by atomic mass is 16.5. The first-order valence-electron chi connectivity index (χ1n) is 13.0. The summed E-state index contributed by atoms with van der Waals surface area (Å²) in [5.74, 6) is 4.72. The van der Waals surface area contributed by atoms with Gasteiger partial charge in [-0.25, -0.2) is 4.79 Å². The number of hydrogen-bond donors (Lipinski definition) is 2. The summed E-state index contributed by atoms with van der Waals surface area (Å²) in [7, 11) is 0. The van der Waals surface area contributed by atoms with E-state index < -0.39 is 17.4 Å². The molecular formula is C31H44N2O4. The van der Waals surface area contributed by atoms with Gasteiger partial charge in [-0.1, -0.05) is 82.6 Å². The minimum Gasteiger partial charge on any atom is -0.458 e. The van der Waals surface area contributed by atoms with Gasteiger partial charge in [0.05, 0.1) is 0 Å². The Kier molecular flexibility index (Phi) is 13.5. The third-order valence-electron chi connectivity index (χ3n) is 6.02. The molecule has 6 heteroatoms. The summed E-state index contributed by atoms with van der Waals surface area (Å²) in [6.07, 6.45) is 17.4. The molecule has 0 saturated heterocycles. The number of amides is 2. The van der Waals surface area contributed by atoms with Gasteiger partial charge in [0.25, 0.3) is 5.91 Å². The first-order chi connectivity index (χ1) is 17.3. The van der Waals surface area contributed by atoms with Crippen molar-refractivity contribution in [2.45, 2.75) is 86.8 Å². The molecule has 4 atom stereocenters. The average Bonchev–Trinajstić information content (AvgIpc) is 2.82. The second-order valence-corrected chi connectivity index (χ2v) is 10.8. The molecule has 0 unspecified atom stereocenters. The Morgan fingerprint density at radius 1 is 1.22 bits per heavy atom. The molecule has 0 radical (unpaired) electrons. The van der Waals surface area contributed by atoms with Gasteiger partial charge in [-0.15, -0.1) is 0 Å². The van der Waals surface area contributed by atoms with E-state index in [-0.39, 0.29) is 23.9 Å². The van der Waals surface area contributed by atoms with Gasteiger partial charge in [-0.2, -0.15) is 0 Å². The molecule has 0 aliphatic carbocycles. The van der Waals surface area contributed by atoms with Crippen molar-refractivity contribution in [3.63, 3.8) is 0 Å². The molecule has 0 spiro atoms. The smallest absolute Gasteiger partial charge is 0.333 e. The van der Waals surface area contributed by atoms with Crippen molar-refractivity contribution in [2.24, 2.45) is 17.3 Å². The number of ether oxygens (including phenoxy) is 1.